The molecule has 2 N–H and O–H groups in total. The highest BCUT2D eigenvalue weighted by Gasteiger charge is 2.40. The summed E-state index contributed by atoms with van der Waals surface area (Å²) in [6.45, 7) is 10.9. The molecule has 22 heavy (non-hydrogen) atoms. The molecule has 2 aliphatic rings. The van der Waals surface area contributed by atoms with E-state index in [1.807, 2.05) is 20.8 Å². The summed E-state index contributed by atoms with van der Waals surface area (Å²) in [5.41, 5.74) is -0.489. The molecule has 2 saturated heterocycles. The lowest BCUT2D eigenvalue weighted by Gasteiger charge is -2.36. The zero-order valence-corrected chi connectivity index (χ0v) is 14.2. The number of carbonyl (C=O) groups is 1. The van der Waals surface area contributed by atoms with E-state index in [2.05, 4.69) is 16.8 Å². The van der Waals surface area contributed by atoms with Crippen LogP contribution in [0.25, 0.3) is 0 Å². The van der Waals surface area contributed by atoms with E-state index in [-0.39, 0.29) is 12.1 Å². The second-order valence-electron chi connectivity index (χ2n) is 7.35. The van der Waals surface area contributed by atoms with Crippen molar-refractivity contribution < 1.29 is 14.4 Å². The van der Waals surface area contributed by atoms with Crippen molar-refractivity contribution in [1.29, 1.82) is 0 Å². The Morgan fingerprint density at radius 3 is 2.41 bits per heavy atom. The van der Waals surface area contributed by atoms with E-state index in [0.29, 0.717) is 19.2 Å². The molecule has 1 amide bonds. The van der Waals surface area contributed by atoms with Gasteiger partial charge in [-0.15, -0.1) is 0 Å². The second-order valence-corrected chi connectivity index (χ2v) is 7.35. The maximum Gasteiger partial charge on any atom is 0.410 e. The third-order valence-electron chi connectivity index (χ3n) is 4.36. The molecule has 2 aliphatic heterocycles. The first-order valence-corrected chi connectivity index (χ1v) is 8.04. The maximum absolute atomic E-state index is 12.4. The fourth-order valence-corrected chi connectivity index (χ4v) is 3.16. The van der Waals surface area contributed by atoms with Gasteiger partial charge in [-0.3, -0.25) is 4.90 Å². The molecule has 2 rings (SSSR count). The van der Waals surface area contributed by atoms with Crippen LogP contribution in [0.3, 0.4) is 0 Å². The normalized spacial score (nSPS) is 28.1. The Kier molecular flexibility index (Phi) is 5.65. The quantitative estimate of drug-likeness (QED) is 0.765. The minimum absolute atomic E-state index is 0.00972. The number of nitrogens with zero attached hydrogens (tertiary/aromatic N) is 3. The van der Waals surface area contributed by atoms with Gasteiger partial charge in [0.2, 0.25) is 0 Å². The van der Waals surface area contributed by atoms with Crippen LogP contribution in [-0.2, 0) is 9.57 Å². The lowest BCUT2D eigenvalue weighted by atomic mass is 10.1. The first-order valence-electron chi connectivity index (χ1n) is 8.04. The van der Waals surface area contributed by atoms with Crippen molar-refractivity contribution in [3.63, 3.8) is 0 Å². The highest BCUT2D eigenvalue weighted by molar-refractivity contribution is 5.69. The summed E-state index contributed by atoms with van der Waals surface area (Å²) in [6, 6.07) is 0.353. The number of ether oxygens (including phenoxy) is 1. The Morgan fingerprint density at radius 2 is 1.86 bits per heavy atom. The first-order chi connectivity index (χ1) is 10.3. The number of carbonyl (C=O) groups excluding carboxylic acids is 1. The van der Waals surface area contributed by atoms with Crippen molar-refractivity contribution in [3.8, 4) is 0 Å². The van der Waals surface area contributed by atoms with Gasteiger partial charge >= 0.3 is 6.09 Å². The Labute approximate surface area is 133 Å². The molecule has 0 radical (unpaired) electrons. The topological polar surface area (TPSA) is 71.3 Å². The Hall–Kier alpha value is -0.890. The van der Waals surface area contributed by atoms with Crippen molar-refractivity contribution in [1.82, 2.24) is 14.7 Å². The fraction of sp³-hybridized carbons (Fsp3) is 0.933. The minimum Gasteiger partial charge on any atom is -0.444 e. The molecular formula is C15H30N4O3. The van der Waals surface area contributed by atoms with Gasteiger partial charge in [0.25, 0.3) is 0 Å². The van der Waals surface area contributed by atoms with Crippen molar-refractivity contribution in [2.24, 2.45) is 5.90 Å². The summed E-state index contributed by atoms with van der Waals surface area (Å²) in [6.07, 6.45) is 0.617. The number of piperazine rings is 1. The van der Waals surface area contributed by atoms with Crippen LogP contribution in [0, 0.1) is 0 Å². The number of amides is 1. The van der Waals surface area contributed by atoms with Gasteiger partial charge in [0.15, 0.2) is 0 Å². The lowest BCUT2D eigenvalue weighted by molar-refractivity contribution is 0.00988. The van der Waals surface area contributed by atoms with Crippen molar-refractivity contribution in [2.75, 3.05) is 46.4 Å². The number of likely N-dealkylation sites (tertiary alicyclic amines) is 1. The molecule has 7 heteroatoms. The summed E-state index contributed by atoms with van der Waals surface area (Å²) in [4.78, 5) is 23.8. The highest BCUT2D eigenvalue weighted by atomic mass is 16.6. The van der Waals surface area contributed by atoms with Crippen LogP contribution >= 0.6 is 0 Å². The molecule has 0 aromatic rings. The van der Waals surface area contributed by atoms with Gasteiger partial charge in [-0.25, -0.2) is 10.7 Å². The number of nitrogens with two attached hydrogens (primary N) is 1. The Morgan fingerprint density at radius 1 is 1.23 bits per heavy atom. The van der Waals surface area contributed by atoms with Gasteiger partial charge in [-0.05, 0) is 34.2 Å². The number of hydrogen-bond acceptors (Lipinski definition) is 6. The smallest absolute Gasteiger partial charge is 0.410 e. The molecule has 0 aliphatic carbocycles. The summed E-state index contributed by atoms with van der Waals surface area (Å²) in [5, 5.41) is 0. The predicted molar refractivity (Wildman–Crippen MR) is 84.3 cm³/mol. The fourth-order valence-electron chi connectivity index (χ4n) is 3.16. The van der Waals surface area contributed by atoms with Crippen molar-refractivity contribution in [3.05, 3.63) is 0 Å². The Balaban J connectivity index is 1.98. The number of rotatable bonds is 3. The van der Waals surface area contributed by atoms with E-state index in [0.717, 1.165) is 32.6 Å². The van der Waals surface area contributed by atoms with Crippen LogP contribution in [0.2, 0.25) is 0 Å². The first kappa shape index (κ1) is 17.5. The van der Waals surface area contributed by atoms with Crippen LogP contribution in [0.4, 0.5) is 4.79 Å². The zero-order chi connectivity index (χ0) is 16.3. The minimum atomic E-state index is -0.489. The number of likely N-dealkylation sites (N-methyl/N-ethyl adjacent to an activating group) is 1. The molecule has 128 valence electrons. The average molecular weight is 314 g/mol. The maximum atomic E-state index is 12.4. The van der Waals surface area contributed by atoms with Gasteiger partial charge in [-0.2, -0.15) is 0 Å². The molecule has 2 heterocycles. The van der Waals surface area contributed by atoms with E-state index in [1.54, 1.807) is 4.90 Å². The Bertz CT molecular complexity index is 377. The second kappa shape index (κ2) is 7.12. The molecule has 0 aromatic carbocycles. The van der Waals surface area contributed by atoms with E-state index >= 15 is 0 Å². The predicted octanol–water partition coefficient (Wildman–Crippen LogP) is 0.502. The third kappa shape index (κ3) is 4.55. The zero-order valence-electron chi connectivity index (χ0n) is 14.2. The summed E-state index contributed by atoms with van der Waals surface area (Å²) in [5.74, 6) is 5.24. The molecule has 0 saturated carbocycles. The highest BCUT2D eigenvalue weighted by Crippen LogP contribution is 2.25. The number of hydrogen-bond donors (Lipinski definition) is 1. The molecule has 0 bridgehead atoms. The summed E-state index contributed by atoms with van der Waals surface area (Å²) in [7, 11) is 2.14. The third-order valence-corrected chi connectivity index (χ3v) is 4.36. The van der Waals surface area contributed by atoms with Gasteiger partial charge in [0.1, 0.15) is 5.60 Å². The summed E-state index contributed by atoms with van der Waals surface area (Å²) < 4.78 is 5.51. The average Bonchev–Trinajstić information content (AvgIpc) is 2.82. The van der Waals surface area contributed by atoms with E-state index in [1.165, 1.54) is 0 Å². The SMILES string of the molecule is CN1CCN([C@H]2CC(CON)N(C(=O)OC(C)(C)C)C2)CC1. The monoisotopic (exact) mass is 314 g/mol. The molecule has 7 nitrogen and oxygen atoms in total. The standard InChI is InChI=1S/C15H30N4O3/c1-15(2,3)22-14(20)19-10-12(9-13(19)11-21-16)18-7-5-17(4)6-8-18/h12-13H,5-11,16H2,1-4H3/t12-,13?/m0/s1. The molecule has 1 unspecified atom stereocenters. The molecule has 0 spiro atoms. The van der Waals surface area contributed by atoms with Crippen LogP contribution < -0.4 is 5.90 Å². The van der Waals surface area contributed by atoms with E-state index in [9.17, 15) is 4.79 Å². The van der Waals surface area contributed by atoms with Gasteiger partial charge in [0, 0.05) is 38.8 Å². The van der Waals surface area contributed by atoms with Gasteiger partial charge in [-0.1, -0.05) is 0 Å². The van der Waals surface area contributed by atoms with Crippen molar-refractivity contribution >= 4 is 6.09 Å². The van der Waals surface area contributed by atoms with Crippen LogP contribution in [0.1, 0.15) is 27.2 Å². The van der Waals surface area contributed by atoms with E-state index < -0.39 is 5.60 Å². The molecule has 2 fully saturated rings. The van der Waals surface area contributed by atoms with Crippen LogP contribution in [0.15, 0.2) is 0 Å². The summed E-state index contributed by atoms with van der Waals surface area (Å²) >= 11 is 0. The van der Waals surface area contributed by atoms with Crippen molar-refractivity contribution in [2.45, 2.75) is 44.9 Å². The van der Waals surface area contributed by atoms with Crippen LogP contribution in [0.5, 0.6) is 0 Å². The van der Waals surface area contributed by atoms with Gasteiger partial charge in [0.05, 0.1) is 12.6 Å². The largest absolute Gasteiger partial charge is 0.444 e. The molecule has 0 aromatic heterocycles. The lowest BCUT2D eigenvalue weighted by Crippen LogP contribution is -2.50. The molecule has 2 atom stereocenters. The molecular weight excluding hydrogens is 284 g/mol. The van der Waals surface area contributed by atoms with E-state index in [4.69, 9.17) is 15.5 Å². The van der Waals surface area contributed by atoms with Gasteiger partial charge < -0.3 is 19.4 Å². The van der Waals surface area contributed by atoms with Crippen LogP contribution in [-0.4, -0.2) is 84.9 Å².